The molecule has 450 valence electrons. The maximum Gasteiger partial charge on any atom is 0.306 e. The van der Waals surface area contributed by atoms with Crippen molar-refractivity contribution in [2.45, 2.75) is 251 Å². The van der Waals surface area contributed by atoms with Crippen LogP contribution in [0.4, 0.5) is 0 Å². The Morgan fingerprint density at radius 3 is 1.23 bits per heavy atom. The molecule has 0 bridgehead atoms. The number of rotatable bonds is 55. The number of esters is 1. The Morgan fingerprint density at radius 1 is 0.456 bits per heavy atom. The maximum absolute atomic E-state index is 13.6. The summed E-state index contributed by atoms with van der Waals surface area (Å²) in [7, 11) is 1.13. The summed E-state index contributed by atoms with van der Waals surface area (Å²) in [5, 5.41) is 3.01. The molecule has 0 radical (unpaired) electrons. The molecule has 0 saturated heterocycles. The number of phosphoric acid groups is 1. The molecule has 0 heterocycles. The van der Waals surface area contributed by atoms with E-state index < -0.39 is 26.6 Å². The molecule has 1 N–H and O–H groups in total. The molecule has 0 aromatic rings. The van der Waals surface area contributed by atoms with E-state index in [1.54, 1.807) is 0 Å². The molecule has 0 fully saturated rings. The van der Waals surface area contributed by atoms with Crippen LogP contribution < -0.4 is 10.2 Å². The summed E-state index contributed by atoms with van der Waals surface area (Å²) in [6.07, 6.45) is 81.3. The highest BCUT2D eigenvalue weighted by atomic mass is 31.2. The lowest BCUT2D eigenvalue weighted by Crippen LogP contribution is -2.47. The molecule has 0 aliphatic rings. The number of ether oxygens (including phenoxy) is 1. The summed E-state index contributed by atoms with van der Waals surface area (Å²) in [6, 6.07) is -0.923. The number of unbranched alkanes of at least 4 members (excludes halogenated alkanes) is 19. The number of hydrogen-bond acceptors (Lipinski definition) is 7. The van der Waals surface area contributed by atoms with E-state index in [-0.39, 0.29) is 31.3 Å². The summed E-state index contributed by atoms with van der Waals surface area (Å²) >= 11 is 0. The van der Waals surface area contributed by atoms with Gasteiger partial charge in [0.1, 0.15) is 19.3 Å². The second-order valence-electron chi connectivity index (χ2n) is 21.8. The number of phosphoric ester groups is 1. The number of nitrogens with one attached hydrogen (secondary N) is 1. The number of likely N-dealkylation sites (N-methyl/N-ethyl adjacent to an activating group) is 1. The standard InChI is InChI=1S/C69H117N2O7P/c1-7-10-13-16-19-22-25-28-30-32-34-35-37-38-40-43-46-49-52-55-58-61-68(72)70-66(65-77-79(74,75)76-64-63-71(4,5)6)67(60-57-54-51-48-45-42-27-24-21-18-15-12-9-3)78-69(73)62-59-56-53-50-47-44-41-39-36-33-31-29-26-23-20-17-14-11-8-2/h10-11,13-14,19-20,22-23,28-31,34-36,38-40,44,47,57,60,66-67H,7-9,12,15-18,21,24-27,32-33,37,41-43,45-46,48-56,58-59,61-65H2,1-6H3,(H-,70,72,74,75)/b13-10-,14-11-,22-19-,23-20-,30-28-,31-29-,35-34-,39-36-,40-38-,47-44-,60-57+. The van der Waals surface area contributed by atoms with Gasteiger partial charge in [0.2, 0.25) is 5.91 Å². The summed E-state index contributed by atoms with van der Waals surface area (Å²) in [6.45, 7) is 6.56. The average Bonchev–Trinajstić information content (AvgIpc) is 3.41. The van der Waals surface area contributed by atoms with Crippen molar-refractivity contribution in [3.05, 3.63) is 134 Å². The Labute approximate surface area is 485 Å². The van der Waals surface area contributed by atoms with Crippen molar-refractivity contribution in [1.29, 1.82) is 0 Å². The molecule has 0 spiro atoms. The first-order valence-corrected chi connectivity index (χ1v) is 33.0. The lowest BCUT2D eigenvalue weighted by atomic mass is 10.0. The van der Waals surface area contributed by atoms with Gasteiger partial charge in [0.05, 0.1) is 33.8 Å². The first kappa shape index (κ1) is 75.2. The monoisotopic (exact) mass is 1120 g/mol. The predicted octanol–water partition coefficient (Wildman–Crippen LogP) is 19.0. The van der Waals surface area contributed by atoms with Gasteiger partial charge in [-0.05, 0) is 122 Å². The molecule has 0 aliphatic heterocycles. The number of nitrogens with zero attached hydrogens (tertiary/aromatic N) is 1. The first-order chi connectivity index (χ1) is 38.4. The van der Waals surface area contributed by atoms with Crippen molar-refractivity contribution in [2.24, 2.45) is 0 Å². The number of allylic oxidation sites excluding steroid dienone is 21. The number of amides is 1. The number of carbonyl (C=O) groups excluding carboxylic acids is 2. The SMILES string of the molecule is CC/C=C\C/C=C\C/C=C\C/C=C\C/C=C\CCCCCCCC(=O)NC(COP(=O)([O-])OCC[N+](C)(C)C)C(/C=C/CCCCCCCCCCCCC)OC(=O)CCCCC/C=C\C/C=C\C/C=C\C/C=C\C/C=C\CC. The molecule has 1 amide bonds. The van der Waals surface area contributed by atoms with Crippen molar-refractivity contribution >= 4 is 19.7 Å². The molecule has 3 atom stereocenters. The highest BCUT2D eigenvalue weighted by molar-refractivity contribution is 7.45. The molecule has 9 nitrogen and oxygen atoms in total. The Hall–Kier alpha value is -3.85. The highest BCUT2D eigenvalue weighted by Crippen LogP contribution is 2.38. The highest BCUT2D eigenvalue weighted by Gasteiger charge is 2.27. The first-order valence-electron chi connectivity index (χ1n) is 31.5. The van der Waals surface area contributed by atoms with Crippen molar-refractivity contribution in [3.8, 4) is 0 Å². The van der Waals surface area contributed by atoms with E-state index in [9.17, 15) is 19.0 Å². The fraction of sp³-hybridized carbons (Fsp3) is 0.652. The molecular weight excluding hydrogens is 1000 g/mol. The Balaban J connectivity index is 5.39. The van der Waals surface area contributed by atoms with Gasteiger partial charge in [0.15, 0.2) is 0 Å². The molecule has 10 heteroatoms. The van der Waals surface area contributed by atoms with Gasteiger partial charge in [-0.25, -0.2) is 0 Å². The van der Waals surface area contributed by atoms with Crippen LogP contribution in [0.2, 0.25) is 0 Å². The van der Waals surface area contributed by atoms with E-state index >= 15 is 0 Å². The Morgan fingerprint density at radius 2 is 0.810 bits per heavy atom. The molecule has 0 saturated carbocycles. The van der Waals surface area contributed by atoms with Gasteiger partial charge in [0.25, 0.3) is 7.82 Å². The lowest BCUT2D eigenvalue weighted by Gasteiger charge is -2.30. The van der Waals surface area contributed by atoms with Crippen LogP contribution in [-0.4, -0.2) is 69.4 Å². The molecule has 0 aromatic carbocycles. The fourth-order valence-electron chi connectivity index (χ4n) is 8.28. The van der Waals surface area contributed by atoms with Crippen molar-refractivity contribution in [3.63, 3.8) is 0 Å². The summed E-state index contributed by atoms with van der Waals surface area (Å²) in [5.41, 5.74) is 0. The molecule has 3 unspecified atom stereocenters. The number of hydrogen-bond donors (Lipinski definition) is 1. The van der Waals surface area contributed by atoms with Gasteiger partial charge >= 0.3 is 5.97 Å². The zero-order valence-corrected chi connectivity index (χ0v) is 52.2. The van der Waals surface area contributed by atoms with E-state index in [4.69, 9.17) is 13.8 Å². The Kier molecular flexibility index (Phi) is 54.6. The normalized spacial score (nSPS) is 14.6. The van der Waals surface area contributed by atoms with Gasteiger partial charge in [0, 0.05) is 12.8 Å². The van der Waals surface area contributed by atoms with Crippen molar-refractivity contribution in [2.75, 3.05) is 40.9 Å². The van der Waals surface area contributed by atoms with E-state index in [1.165, 1.54) is 57.8 Å². The van der Waals surface area contributed by atoms with Crippen LogP contribution in [0.15, 0.2) is 134 Å². The number of carbonyl (C=O) groups is 2. The van der Waals surface area contributed by atoms with Crippen LogP contribution in [0.5, 0.6) is 0 Å². The zero-order valence-electron chi connectivity index (χ0n) is 51.3. The number of quaternary nitrogens is 1. The van der Waals surface area contributed by atoms with Crippen LogP contribution in [0.1, 0.15) is 239 Å². The van der Waals surface area contributed by atoms with Gasteiger partial charge in [-0.2, -0.15) is 0 Å². The van der Waals surface area contributed by atoms with Gasteiger partial charge in [-0.3, -0.25) is 14.2 Å². The maximum atomic E-state index is 13.6. The lowest BCUT2D eigenvalue weighted by molar-refractivity contribution is -0.870. The quantitative estimate of drug-likeness (QED) is 0.0212. The molecular formula is C69H117N2O7P. The van der Waals surface area contributed by atoms with E-state index in [2.05, 4.69) is 148 Å². The largest absolute Gasteiger partial charge is 0.756 e. The topological polar surface area (TPSA) is 114 Å². The van der Waals surface area contributed by atoms with E-state index in [1.807, 2.05) is 33.3 Å². The van der Waals surface area contributed by atoms with Crippen LogP contribution in [-0.2, 0) is 27.9 Å². The van der Waals surface area contributed by atoms with Crippen molar-refractivity contribution < 1.29 is 37.3 Å². The molecule has 0 aliphatic carbocycles. The van der Waals surface area contributed by atoms with Crippen LogP contribution in [0, 0.1) is 0 Å². The summed E-state index contributed by atoms with van der Waals surface area (Å²) in [4.78, 5) is 40.0. The van der Waals surface area contributed by atoms with Crippen LogP contribution in [0.25, 0.3) is 0 Å². The minimum absolute atomic E-state index is 0.0397. The summed E-state index contributed by atoms with van der Waals surface area (Å²) in [5.74, 6) is -0.610. The van der Waals surface area contributed by atoms with Gasteiger partial charge in [-0.1, -0.05) is 238 Å². The van der Waals surface area contributed by atoms with Crippen LogP contribution in [0.3, 0.4) is 0 Å². The summed E-state index contributed by atoms with van der Waals surface area (Å²) < 4.78 is 30.3. The van der Waals surface area contributed by atoms with Gasteiger partial charge in [-0.15, -0.1) is 0 Å². The zero-order chi connectivity index (χ0) is 57.9. The second kappa shape index (κ2) is 57.4. The molecule has 79 heavy (non-hydrogen) atoms. The van der Waals surface area contributed by atoms with E-state index in [0.717, 1.165) is 135 Å². The second-order valence-corrected chi connectivity index (χ2v) is 23.2. The fourth-order valence-corrected chi connectivity index (χ4v) is 9.00. The van der Waals surface area contributed by atoms with Crippen molar-refractivity contribution in [1.82, 2.24) is 5.32 Å². The molecule has 0 rings (SSSR count). The predicted molar refractivity (Wildman–Crippen MR) is 339 cm³/mol. The Bertz CT molecular complexity index is 1810. The molecule has 0 aromatic heterocycles. The third kappa shape index (κ3) is 58.6. The third-order valence-corrected chi connectivity index (χ3v) is 14.0. The third-order valence-electron chi connectivity index (χ3n) is 13.1. The minimum Gasteiger partial charge on any atom is -0.756 e. The van der Waals surface area contributed by atoms with Gasteiger partial charge < -0.3 is 28.5 Å². The minimum atomic E-state index is -4.72. The smallest absolute Gasteiger partial charge is 0.306 e. The van der Waals surface area contributed by atoms with Crippen LogP contribution >= 0.6 is 7.82 Å². The average molecular weight is 1120 g/mol. The van der Waals surface area contributed by atoms with E-state index in [0.29, 0.717) is 23.9 Å².